The molecule has 0 amide bonds. The molecule has 0 spiro atoms. The summed E-state index contributed by atoms with van der Waals surface area (Å²) in [5.41, 5.74) is 3.53. The lowest BCUT2D eigenvalue weighted by Gasteiger charge is -2.01. The van der Waals surface area contributed by atoms with Gasteiger partial charge in [0.15, 0.2) is 0 Å². The van der Waals surface area contributed by atoms with Crippen LogP contribution in [0.4, 0.5) is 0 Å². The second kappa shape index (κ2) is 3.39. The molecule has 3 heteroatoms. The van der Waals surface area contributed by atoms with Gasteiger partial charge in [0, 0.05) is 12.0 Å². The van der Waals surface area contributed by atoms with Crippen LogP contribution < -0.4 is 0 Å². The standard InChI is InChI=1S/C13H8O2S/c14-12-6-9-2-1-8(5-11(9)13(12)15)10-3-4-16-7-10/h1-5,7H,6H2. The second-order valence-electron chi connectivity index (χ2n) is 3.81. The van der Waals surface area contributed by atoms with E-state index >= 15 is 0 Å². The van der Waals surface area contributed by atoms with E-state index in [9.17, 15) is 9.59 Å². The van der Waals surface area contributed by atoms with E-state index in [1.807, 2.05) is 35.0 Å². The first-order chi connectivity index (χ1) is 7.75. The molecule has 0 N–H and O–H groups in total. The van der Waals surface area contributed by atoms with Gasteiger partial charge in [-0.15, -0.1) is 0 Å². The fourth-order valence-corrected chi connectivity index (χ4v) is 2.62. The lowest BCUT2D eigenvalue weighted by atomic mass is 10.0. The van der Waals surface area contributed by atoms with Crippen molar-refractivity contribution in [3.8, 4) is 11.1 Å². The van der Waals surface area contributed by atoms with Crippen LogP contribution in [-0.4, -0.2) is 11.6 Å². The minimum Gasteiger partial charge on any atom is -0.290 e. The lowest BCUT2D eigenvalue weighted by molar-refractivity contribution is -0.114. The summed E-state index contributed by atoms with van der Waals surface area (Å²) in [6, 6.07) is 7.68. The molecule has 0 radical (unpaired) electrons. The molecule has 2 aromatic rings. The summed E-state index contributed by atoms with van der Waals surface area (Å²) in [4.78, 5) is 22.9. The molecule has 0 atom stereocenters. The van der Waals surface area contributed by atoms with E-state index < -0.39 is 0 Å². The predicted molar refractivity (Wildman–Crippen MR) is 62.8 cm³/mol. The molecule has 0 fully saturated rings. The van der Waals surface area contributed by atoms with E-state index in [1.165, 1.54) is 0 Å². The summed E-state index contributed by atoms with van der Waals surface area (Å²) in [6.07, 6.45) is 0.262. The number of hydrogen-bond acceptors (Lipinski definition) is 3. The molecule has 16 heavy (non-hydrogen) atoms. The van der Waals surface area contributed by atoms with Crippen LogP contribution in [-0.2, 0) is 11.2 Å². The number of carbonyl (C=O) groups is 2. The molecule has 1 aromatic carbocycles. The van der Waals surface area contributed by atoms with Crippen LogP contribution in [0.25, 0.3) is 11.1 Å². The third-order valence-electron chi connectivity index (χ3n) is 2.81. The van der Waals surface area contributed by atoms with Crippen molar-refractivity contribution in [3.05, 3.63) is 46.2 Å². The quantitative estimate of drug-likeness (QED) is 0.703. The maximum Gasteiger partial charge on any atom is 0.229 e. The van der Waals surface area contributed by atoms with Crippen LogP contribution in [0.1, 0.15) is 15.9 Å². The van der Waals surface area contributed by atoms with Crippen molar-refractivity contribution in [2.24, 2.45) is 0 Å². The van der Waals surface area contributed by atoms with Gasteiger partial charge >= 0.3 is 0 Å². The molecule has 3 rings (SSSR count). The molecule has 1 aromatic heterocycles. The predicted octanol–water partition coefficient (Wildman–Crippen LogP) is 2.72. The number of carbonyl (C=O) groups excluding carboxylic acids is 2. The third kappa shape index (κ3) is 1.32. The Hall–Kier alpha value is -1.74. The summed E-state index contributed by atoms with van der Waals surface area (Å²) < 4.78 is 0. The van der Waals surface area contributed by atoms with Crippen LogP contribution in [0.3, 0.4) is 0 Å². The van der Waals surface area contributed by atoms with Crippen molar-refractivity contribution in [1.82, 2.24) is 0 Å². The first-order valence-corrected chi connectivity index (χ1v) is 5.93. The minimum absolute atomic E-state index is 0.262. The Morgan fingerprint density at radius 3 is 2.69 bits per heavy atom. The van der Waals surface area contributed by atoms with Crippen molar-refractivity contribution < 1.29 is 9.59 Å². The van der Waals surface area contributed by atoms with Gasteiger partial charge in [-0.3, -0.25) is 9.59 Å². The summed E-state index contributed by atoms with van der Waals surface area (Å²) in [7, 11) is 0. The highest BCUT2D eigenvalue weighted by Crippen LogP contribution is 2.28. The van der Waals surface area contributed by atoms with E-state index in [0.29, 0.717) is 5.56 Å². The van der Waals surface area contributed by atoms with E-state index in [0.717, 1.165) is 16.7 Å². The molecule has 1 heterocycles. The monoisotopic (exact) mass is 228 g/mol. The zero-order chi connectivity index (χ0) is 11.1. The first kappa shape index (κ1) is 9.48. The molecular weight excluding hydrogens is 220 g/mol. The number of rotatable bonds is 1. The molecule has 0 unspecified atom stereocenters. The Morgan fingerprint density at radius 2 is 1.94 bits per heavy atom. The van der Waals surface area contributed by atoms with Crippen LogP contribution in [0.2, 0.25) is 0 Å². The van der Waals surface area contributed by atoms with Crippen molar-refractivity contribution in [2.45, 2.75) is 6.42 Å². The summed E-state index contributed by atoms with van der Waals surface area (Å²) in [5, 5.41) is 4.03. The summed E-state index contributed by atoms with van der Waals surface area (Å²) >= 11 is 1.62. The highest BCUT2D eigenvalue weighted by molar-refractivity contribution is 7.08. The van der Waals surface area contributed by atoms with Gasteiger partial charge in [-0.2, -0.15) is 11.3 Å². The third-order valence-corrected chi connectivity index (χ3v) is 3.50. The highest BCUT2D eigenvalue weighted by atomic mass is 32.1. The molecule has 0 aliphatic heterocycles. The molecule has 0 saturated heterocycles. The van der Waals surface area contributed by atoms with Crippen LogP contribution >= 0.6 is 11.3 Å². The van der Waals surface area contributed by atoms with Gasteiger partial charge in [-0.1, -0.05) is 12.1 Å². The van der Waals surface area contributed by atoms with Gasteiger partial charge in [0.1, 0.15) is 0 Å². The zero-order valence-electron chi connectivity index (χ0n) is 8.40. The number of benzene rings is 1. The second-order valence-corrected chi connectivity index (χ2v) is 4.59. The Balaban J connectivity index is 2.14. The first-order valence-electron chi connectivity index (χ1n) is 4.99. The van der Waals surface area contributed by atoms with Gasteiger partial charge < -0.3 is 0 Å². The zero-order valence-corrected chi connectivity index (χ0v) is 9.21. The summed E-state index contributed by atoms with van der Waals surface area (Å²) in [5.74, 6) is -0.635. The minimum atomic E-state index is -0.341. The van der Waals surface area contributed by atoms with Crippen molar-refractivity contribution in [1.29, 1.82) is 0 Å². The number of fused-ring (bicyclic) bond motifs is 1. The van der Waals surface area contributed by atoms with Gasteiger partial charge in [-0.25, -0.2) is 0 Å². The van der Waals surface area contributed by atoms with E-state index in [2.05, 4.69) is 0 Å². The fourth-order valence-electron chi connectivity index (χ4n) is 1.95. The van der Waals surface area contributed by atoms with Gasteiger partial charge in [0.05, 0.1) is 0 Å². The smallest absolute Gasteiger partial charge is 0.229 e. The van der Waals surface area contributed by atoms with E-state index in [-0.39, 0.29) is 18.0 Å². The largest absolute Gasteiger partial charge is 0.290 e. The number of hydrogen-bond donors (Lipinski definition) is 0. The molecule has 0 bridgehead atoms. The molecule has 1 aliphatic rings. The van der Waals surface area contributed by atoms with Crippen LogP contribution in [0.5, 0.6) is 0 Å². The Labute approximate surface area is 96.5 Å². The normalized spacial score (nSPS) is 14.2. The Bertz CT molecular complexity index is 582. The maximum absolute atomic E-state index is 11.6. The van der Waals surface area contributed by atoms with Crippen molar-refractivity contribution >= 4 is 22.9 Å². The van der Waals surface area contributed by atoms with Gasteiger partial charge in [-0.05, 0) is 39.6 Å². The maximum atomic E-state index is 11.6. The van der Waals surface area contributed by atoms with Crippen LogP contribution in [0, 0.1) is 0 Å². The Kier molecular flexibility index (Phi) is 2.01. The number of thiophene rings is 1. The van der Waals surface area contributed by atoms with E-state index in [1.54, 1.807) is 11.3 Å². The molecule has 78 valence electrons. The van der Waals surface area contributed by atoms with E-state index in [4.69, 9.17) is 0 Å². The number of ketones is 2. The number of Topliss-reactive ketones (excluding diaryl/α,β-unsaturated/α-hetero) is 2. The lowest BCUT2D eigenvalue weighted by Crippen LogP contribution is -2.05. The van der Waals surface area contributed by atoms with Gasteiger partial charge in [0.2, 0.25) is 11.6 Å². The average Bonchev–Trinajstić information content (AvgIpc) is 2.89. The molecule has 1 aliphatic carbocycles. The van der Waals surface area contributed by atoms with Gasteiger partial charge in [0.25, 0.3) is 0 Å². The molecular formula is C13H8O2S. The van der Waals surface area contributed by atoms with Crippen molar-refractivity contribution in [2.75, 3.05) is 0 Å². The topological polar surface area (TPSA) is 34.1 Å². The highest BCUT2D eigenvalue weighted by Gasteiger charge is 2.28. The average molecular weight is 228 g/mol. The van der Waals surface area contributed by atoms with Crippen LogP contribution in [0.15, 0.2) is 35.0 Å². The Morgan fingerprint density at radius 1 is 1.06 bits per heavy atom. The summed E-state index contributed by atoms with van der Waals surface area (Å²) in [6.45, 7) is 0. The molecule has 0 saturated carbocycles. The SMILES string of the molecule is O=C1Cc2ccc(-c3ccsc3)cc2C1=O. The molecule has 2 nitrogen and oxygen atoms in total. The fraction of sp³-hybridized carbons (Fsp3) is 0.0769. The van der Waals surface area contributed by atoms with Crippen molar-refractivity contribution in [3.63, 3.8) is 0 Å².